The maximum Gasteiger partial charge on any atom is -0.00159 e. The van der Waals surface area contributed by atoms with Crippen LogP contribution in [0.25, 0.3) is 0 Å². The standard InChI is InChI=1S/C37H75N/c1-7-13-15-17-19-20-22-23-25-28-35(9-3)31-32-37(30-27-33-38(11-5)12-6)34-36(10-4)29-26-24-21-18-16-14-8-2/h32,35-36H,7-31,33-34H2,1-6H3/b37-32+. The summed E-state index contributed by atoms with van der Waals surface area (Å²) >= 11 is 0. The molecule has 0 aliphatic heterocycles. The SMILES string of the molecule is CCCCCCCCCCCC(CC)C/C=C(\CCCN(CC)CC)CC(CC)CCCCCCCCC. The van der Waals surface area contributed by atoms with Crippen LogP contribution in [-0.2, 0) is 0 Å². The van der Waals surface area contributed by atoms with Crippen molar-refractivity contribution in [3.05, 3.63) is 11.6 Å². The summed E-state index contributed by atoms with van der Waals surface area (Å²) in [6.07, 6.45) is 36.8. The van der Waals surface area contributed by atoms with Crippen LogP contribution < -0.4 is 0 Å². The van der Waals surface area contributed by atoms with Crippen molar-refractivity contribution in [3.63, 3.8) is 0 Å². The molecule has 2 unspecified atom stereocenters. The summed E-state index contributed by atoms with van der Waals surface area (Å²) in [4.78, 5) is 2.60. The highest BCUT2D eigenvalue weighted by atomic mass is 15.1. The van der Waals surface area contributed by atoms with Gasteiger partial charge in [0.05, 0.1) is 0 Å². The Labute approximate surface area is 243 Å². The van der Waals surface area contributed by atoms with Gasteiger partial charge in [-0.3, -0.25) is 0 Å². The third-order valence-corrected chi connectivity index (χ3v) is 9.24. The van der Waals surface area contributed by atoms with Crippen molar-refractivity contribution in [2.75, 3.05) is 19.6 Å². The Morgan fingerprint density at radius 1 is 0.526 bits per heavy atom. The molecule has 1 nitrogen and oxygen atoms in total. The Bertz CT molecular complexity index is 477. The zero-order valence-electron chi connectivity index (χ0n) is 27.8. The van der Waals surface area contributed by atoms with Gasteiger partial charge in [0, 0.05) is 0 Å². The molecule has 0 rings (SSSR count). The minimum Gasteiger partial charge on any atom is -0.304 e. The molecule has 0 amide bonds. The van der Waals surface area contributed by atoms with Gasteiger partial charge in [-0.2, -0.15) is 0 Å². The van der Waals surface area contributed by atoms with E-state index in [1.807, 2.05) is 0 Å². The molecule has 0 N–H and O–H groups in total. The Balaban J connectivity index is 4.61. The highest BCUT2D eigenvalue weighted by Gasteiger charge is 2.12. The van der Waals surface area contributed by atoms with Crippen molar-refractivity contribution < 1.29 is 0 Å². The second-order valence-corrected chi connectivity index (χ2v) is 12.5. The maximum absolute atomic E-state index is 2.73. The lowest BCUT2D eigenvalue weighted by molar-refractivity contribution is 0.298. The third kappa shape index (κ3) is 23.6. The van der Waals surface area contributed by atoms with Crippen molar-refractivity contribution in [2.24, 2.45) is 11.8 Å². The first-order valence-corrected chi connectivity index (χ1v) is 18.0. The van der Waals surface area contributed by atoms with Crippen LogP contribution in [0.2, 0.25) is 0 Å². The molecule has 0 aliphatic rings. The number of hydrogen-bond donors (Lipinski definition) is 0. The Morgan fingerprint density at radius 3 is 1.42 bits per heavy atom. The average molecular weight is 534 g/mol. The zero-order valence-corrected chi connectivity index (χ0v) is 27.8. The maximum atomic E-state index is 2.73. The second-order valence-electron chi connectivity index (χ2n) is 12.5. The largest absolute Gasteiger partial charge is 0.304 e. The smallest absolute Gasteiger partial charge is 0.00159 e. The molecule has 1 heteroatoms. The molecule has 2 atom stereocenters. The van der Waals surface area contributed by atoms with Crippen molar-refractivity contribution >= 4 is 0 Å². The summed E-state index contributed by atoms with van der Waals surface area (Å²) in [5.41, 5.74) is 1.80. The third-order valence-electron chi connectivity index (χ3n) is 9.24. The summed E-state index contributed by atoms with van der Waals surface area (Å²) in [5, 5.41) is 0. The Kier molecular flexibility index (Phi) is 29.4. The van der Waals surface area contributed by atoms with Crippen LogP contribution >= 0.6 is 0 Å². The molecule has 0 fully saturated rings. The van der Waals surface area contributed by atoms with E-state index in [-0.39, 0.29) is 0 Å². The van der Waals surface area contributed by atoms with E-state index in [4.69, 9.17) is 0 Å². The predicted octanol–water partition coefficient (Wildman–Crippen LogP) is 12.9. The normalized spacial score (nSPS) is 13.9. The molecule has 0 spiro atoms. The van der Waals surface area contributed by atoms with Crippen molar-refractivity contribution in [1.82, 2.24) is 4.90 Å². The van der Waals surface area contributed by atoms with E-state index >= 15 is 0 Å². The van der Waals surface area contributed by atoms with Crippen LogP contribution in [0.4, 0.5) is 0 Å². The summed E-state index contributed by atoms with van der Waals surface area (Å²) < 4.78 is 0. The van der Waals surface area contributed by atoms with Crippen LogP contribution in [0.3, 0.4) is 0 Å². The van der Waals surface area contributed by atoms with E-state index < -0.39 is 0 Å². The van der Waals surface area contributed by atoms with E-state index in [2.05, 4.69) is 52.5 Å². The Hall–Kier alpha value is -0.300. The fraction of sp³-hybridized carbons (Fsp3) is 0.946. The van der Waals surface area contributed by atoms with Crippen molar-refractivity contribution in [2.45, 2.75) is 196 Å². The Morgan fingerprint density at radius 2 is 0.974 bits per heavy atom. The van der Waals surface area contributed by atoms with E-state index in [1.54, 1.807) is 5.57 Å². The van der Waals surface area contributed by atoms with Crippen LogP contribution in [0.1, 0.15) is 196 Å². The highest BCUT2D eigenvalue weighted by Crippen LogP contribution is 2.27. The lowest BCUT2D eigenvalue weighted by Gasteiger charge is -2.21. The lowest BCUT2D eigenvalue weighted by Crippen LogP contribution is -2.24. The van der Waals surface area contributed by atoms with Crippen molar-refractivity contribution in [3.8, 4) is 0 Å². The van der Waals surface area contributed by atoms with Gasteiger partial charge in [-0.1, -0.05) is 182 Å². The van der Waals surface area contributed by atoms with Gasteiger partial charge >= 0.3 is 0 Å². The van der Waals surface area contributed by atoms with Crippen molar-refractivity contribution in [1.29, 1.82) is 0 Å². The van der Waals surface area contributed by atoms with Gasteiger partial charge in [0.25, 0.3) is 0 Å². The number of rotatable bonds is 30. The molecular weight excluding hydrogens is 458 g/mol. The van der Waals surface area contributed by atoms with Gasteiger partial charge in [0.15, 0.2) is 0 Å². The monoisotopic (exact) mass is 534 g/mol. The fourth-order valence-corrected chi connectivity index (χ4v) is 6.13. The second kappa shape index (κ2) is 29.7. The topological polar surface area (TPSA) is 3.24 Å². The molecule has 0 radical (unpaired) electrons. The molecule has 38 heavy (non-hydrogen) atoms. The van der Waals surface area contributed by atoms with Gasteiger partial charge in [0.1, 0.15) is 0 Å². The average Bonchev–Trinajstić information content (AvgIpc) is 2.94. The first kappa shape index (κ1) is 37.7. The summed E-state index contributed by atoms with van der Waals surface area (Å²) in [7, 11) is 0. The number of allylic oxidation sites excluding steroid dienone is 2. The molecule has 0 saturated carbocycles. The molecule has 0 saturated heterocycles. The summed E-state index contributed by atoms with van der Waals surface area (Å²) in [6, 6.07) is 0. The van der Waals surface area contributed by atoms with Gasteiger partial charge in [-0.15, -0.1) is 0 Å². The van der Waals surface area contributed by atoms with Crippen LogP contribution in [0, 0.1) is 11.8 Å². The molecule has 0 aromatic heterocycles. The molecule has 0 heterocycles. The molecule has 0 aromatic carbocycles. The quantitative estimate of drug-likeness (QED) is 0.0655. The van der Waals surface area contributed by atoms with Crippen LogP contribution in [0.5, 0.6) is 0 Å². The molecule has 0 bridgehead atoms. The van der Waals surface area contributed by atoms with Gasteiger partial charge in [-0.25, -0.2) is 0 Å². The van der Waals surface area contributed by atoms with Gasteiger partial charge in [0.2, 0.25) is 0 Å². The molecule has 0 aromatic rings. The summed E-state index contributed by atoms with van der Waals surface area (Å²) in [5.74, 6) is 1.81. The van der Waals surface area contributed by atoms with Crippen LogP contribution in [-0.4, -0.2) is 24.5 Å². The van der Waals surface area contributed by atoms with E-state index in [1.165, 1.54) is 174 Å². The highest BCUT2D eigenvalue weighted by molar-refractivity contribution is 5.04. The van der Waals surface area contributed by atoms with Gasteiger partial charge in [-0.05, 0) is 57.2 Å². The van der Waals surface area contributed by atoms with E-state index in [0.717, 1.165) is 11.8 Å². The minimum absolute atomic E-state index is 0.903. The molecule has 0 aliphatic carbocycles. The van der Waals surface area contributed by atoms with Crippen LogP contribution in [0.15, 0.2) is 11.6 Å². The zero-order chi connectivity index (χ0) is 28.1. The van der Waals surface area contributed by atoms with E-state index in [9.17, 15) is 0 Å². The molecule has 228 valence electrons. The first-order valence-electron chi connectivity index (χ1n) is 18.0. The van der Waals surface area contributed by atoms with E-state index in [0.29, 0.717) is 0 Å². The lowest BCUT2D eigenvalue weighted by atomic mass is 9.87. The molecular formula is C37H75N. The fourth-order valence-electron chi connectivity index (χ4n) is 6.13. The number of hydrogen-bond acceptors (Lipinski definition) is 1. The first-order chi connectivity index (χ1) is 18.6. The van der Waals surface area contributed by atoms with Gasteiger partial charge < -0.3 is 4.90 Å². The number of unbranched alkanes of at least 4 members (excludes halogenated alkanes) is 14. The minimum atomic E-state index is 0.903. The summed E-state index contributed by atoms with van der Waals surface area (Å²) in [6.45, 7) is 17.8. The predicted molar refractivity (Wildman–Crippen MR) is 176 cm³/mol. The number of nitrogens with zero attached hydrogens (tertiary/aromatic N) is 1.